The number of nitrogens with zero attached hydrogens (tertiary/aromatic N) is 1. The molecule has 6 atom stereocenters. The summed E-state index contributed by atoms with van der Waals surface area (Å²) in [5.74, 6) is 5.48. The molecule has 4 aliphatic rings. The Balaban J connectivity index is 1.49. The van der Waals surface area contributed by atoms with E-state index in [2.05, 4.69) is 16.7 Å². The highest BCUT2D eigenvalue weighted by Crippen LogP contribution is 2.45. The highest BCUT2D eigenvalue weighted by atomic mass is 16.9. The molecule has 0 radical (unpaired) electrons. The van der Waals surface area contributed by atoms with Crippen LogP contribution in [0.25, 0.3) is 0 Å². The van der Waals surface area contributed by atoms with E-state index >= 15 is 0 Å². The van der Waals surface area contributed by atoms with Gasteiger partial charge in [-0.15, -0.1) is 0 Å². The third-order valence-corrected chi connectivity index (χ3v) is 6.42. The van der Waals surface area contributed by atoms with Crippen molar-refractivity contribution in [2.24, 2.45) is 0 Å². The number of ether oxygens (including phenoxy) is 5. The first-order chi connectivity index (χ1) is 14.8. The van der Waals surface area contributed by atoms with Gasteiger partial charge in [-0.2, -0.15) is 0 Å². The second-order valence-electron chi connectivity index (χ2n) is 9.81. The number of piperidine rings is 1. The lowest BCUT2D eigenvalue weighted by atomic mass is 9.92. The lowest BCUT2D eigenvalue weighted by Gasteiger charge is -2.43. The van der Waals surface area contributed by atoms with Gasteiger partial charge in [-0.3, -0.25) is 4.90 Å². The molecule has 168 valence electrons. The summed E-state index contributed by atoms with van der Waals surface area (Å²) in [7, 11) is 0. The molecular weight excluding hydrogens is 394 g/mol. The van der Waals surface area contributed by atoms with Crippen molar-refractivity contribution in [3.8, 4) is 11.8 Å². The van der Waals surface area contributed by atoms with Gasteiger partial charge in [-0.1, -0.05) is 36.5 Å². The Labute approximate surface area is 185 Å². The van der Waals surface area contributed by atoms with Gasteiger partial charge in [0, 0.05) is 5.56 Å². The van der Waals surface area contributed by atoms with E-state index < -0.39 is 17.9 Å². The number of benzene rings is 1. The number of fused-ring (bicyclic) bond motifs is 3. The van der Waals surface area contributed by atoms with Crippen LogP contribution in [0.3, 0.4) is 0 Å². The highest BCUT2D eigenvalue weighted by Gasteiger charge is 2.62. The van der Waals surface area contributed by atoms with Crippen LogP contribution in [0.5, 0.6) is 0 Å². The maximum atomic E-state index is 6.56. The lowest BCUT2D eigenvalue weighted by molar-refractivity contribution is -0.242. The number of hydrogen-bond acceptors (Lipinski definition) is 6. The van der Waals surface area contributed by atoms with Crippen LogP contribution in [0.15, 0.2) is 30.3 Å². The molecule has 0 bridgehead atoms. The molecule has 0 N–H and O–H groups in total. The molecule has 6 heteroatoms. The molecule has 4 saturated heterocycles. The number of likely N-dealkylation sites (tertiary alicyclic amines) is 1. The summed E-state index contributed by atoms with van der Waals surface area (Å²) in [6.45, 7) is 9.74. The van der Waals surface area contributed by atoms with E-state index in [0.717, 1.165) is 18.7 Å². The topological polar surface area (TPSA) is 49.4 Å². The zero-order chi connectivity index (χ0) is 21.6. The van der Waals surface area contributed by atoms with Crippen LogP contribution in [0.4, 0.5) is 0 Å². The molecule has 0 amide bonds. The lowest BCUT2D eigenvalue weighted by Crippen LogP contribution is -2.61. The Morgan fingerprint density at radius 2 is 1.48 bits per heavy atom. The maximum Gasteiger partial charge on any atom is 0.190 e. The van der Waals surface area contributed by atoms with E-state index in [0.29, 0.717) is 0 Å². The van der Waals surface area contributed by atoms with Crippen molar-refractivity contribution < 1.29 is 23.7 Å². The molecule has 0 aromatic heterocycles. The largest absolute Gasteiger partial charge is 0.342 e. The molecule has 0 unspecified atom stereocenters. The molecule has 4 fully saturated rings. The van der Waals surface area contributed by atoms with Gasteiger partial charge in [0.1, 0.15) is 30.5 Å². The van der Waals surface area contributed by atoms with Crippen LogP contribution in [-0.4, -0.2) is 66.3 Å². The number of hydrogen-bond donors (Lipinski definition) is 0. The van der Waals surface area contributed by atoms with E-state index in [1.807, 2.05) is 58.0 Å². The van der Waals surface area contributed by atoms with Crippen LogP contribution >= 0.6 is 0 Å². The second kappa shape index (κ2) is 8.15. The molecular formula is C25H33NO5. The minimum atomic E-state index is -0.721. The van der Waals surface area contributed by atoms with Crippen LogP contribution in [-0.2, 0) is 23.7 Å². The standard InChI is InChI=1S/C25H33NO5/c1-24(2)28-20-19(27-23-22(21(20)29-24)30-25(3,4)31-23)18(26-15-9-6-10-16-26)14-13-17-11-7-5-8-12-17/h5,7-8,11-12,18-23H,6,9-10,15-16H2,1-4H3/t18-,19+,20-,21-,22+,23+/m0/s1. The first-order valence-electron chi connectivity index (χ1n) is 11.5. The van der Waals surface area contributed by atoms with Gasteiger partial charge in [0.05, 0.1) is 0 Å². The molecule has 1 aromatic carbocycles. The van der Waals surface area contributed by atoms with Gasteiger partial charge in [0.2, 0.25) is 0 Å². The zero-order valence-electron chi connectivity index (χ0n) is 18.9. The maximum absolute atomic E-state index is 6.56. The smallest absolute Gasteiger partial charge is 0.190 e. The Morgan fingerprint density at radius 3 is 2.23 bits per heavy atom. The average Bonchev–Trinajstić information content (AvgIpc) is 3.23. The molecule has 0 aliphatic carbocycles. The van der Waals surface area contributed by atoms with Crippen molar-refractivity contribution in [2.75, 3.05) is 13.1 Å². The molecule has 5 rings (SSSR count). The van der Waals surface area contributed by atoms with Gasteiger partial charge in [-0.05, 0) is 65.8 Å². The minimum Gasteiger partial charge on any atom is -0.342 e. The zero-order valence-corrected chi connectivity index (χ0v) is 18.9. The average molecular weight is 428 g/mol. The summed E-state index contributed by atoms with van der Waals surface area (Å²) in [6.07, 6.45) is 1.97. The van der Waals surface area contributed by atoms with Gasteiger partial charge < -0.3 is 23.7 Å². The summed E-state index contributed by atoms with van der Waals surface area (Å²) in [4.78, 5) is 2.44. The summed E-state index contributed by atoms with van der Waals surface area (Å²) in [6, 6.07) is 10.00. The molecule has 6 nitrogen and oxygen atoms in total. The van der Waals surface area contributed by atoms with Crippen molar-refractivity contribution in [1.82, 2.24) is 4.90 Å². The monoisotopic (exact) mass is 427 g/mol. The van der Waals surface area contributed by atoms with Crippen molar-refractivity contribution in [3.05, 3.63) is 35.9 Å². The van der Waals surface area contributed by atoms with Gasteiger partial charge in [-0.25, -0.2) is 0 Å². The van der Waals surface area contributed by atoms with E-state index in [9.17, 15) is 0 Å². The van der Waals surface area contributed by atoms with E-state index in [1.54, 1.807) is 0 Å². The quantitative estimate of drug-likeness (QED) is 0.675. The second-order valence-corrected chi connectivity index (χ2v) is 9.81. The molecule has 31 heavy (non-hydrogen) atoms. The Kier molecular flexibility index (Phi) is 5.62. The Morgan fingerprint density at radius 1 is 0.839 bits per heavy atom. The van der Waals surface area contributed by atoms with Gasteiger partial charge in [0.15, 0.2) is 17.9 Å². The summed E-state index contributed by atoms with van der Waals surface area (Å²) >= 11 is 0. The first-order valence-corrected chi connectivity index (χ1v) is 11.5. The van der Waals surface area contributed by atoms with Crippen molar-refractivity contribution in [1.29, 1.82) is 0 Å². The van der Waals surface area contributed by atoms with Crippen LogP contribution < -0.4 is 0 Å². The van der Waals surface area contributed by atoms with Crippen molar-refractivity contribution in [3.63, 3.8) is 0 Å². The predicted molar refractivity (Wildman–Crippen MR) is 115 cm³/mol. The predicted octanol–water partition coefficient (Wildman–Crippen LogP) is 3.29. The Hall–Kier alpha value is -1.46. The SMILES string of the molecule is CC1(C)O[C@@H]2[C@H](O1)[C@H]1OC(C)(C)O[C@H]1O[C@@H]2[C@H](C#Cc1ccccc1)N1CCCCC1. The van der Waals surface area contributed by atoms with E-state index in [-0.39, 0.29) is 30.5 Å². The molecule has 4 heterocycles. The summed E-state index contributed by atoms with van der Waals surface area (Å²) < 4.78 is 31.5. The Bertz CT molecular complexity index is 838. The fourth-order valence-electron chi connectivity index (χ4n) is 5.15. The van der Waals surface area contributed by atoms with Crippen molar-refractivity contribution in [2.45, 2.75) is 95.3 Å². The fourth-order valence-corrected chi connectivity index (χ4v) is 5.15. The van der Waals surface area contributed by atoms with E-state index in [4.69, 9.17) is 23.7 Å². The molecule has 1 aromatic rings. The van der Waals surface area contributed by atoms with E-state index in [1.165, 1.54) is 19.3 Å². The van der Waals surface area contributed by atoms with Crippen molar-refractivity contribution >= 4 is 0 Å². The third-order valence-electron chi connectivity index (χ3n) is 6.42. The molecule has 4 aliphatic heterocycles. The summed E-state index contributed by atoms with van der Waals surface area (Å²) in [5, 5.41) is 0. The minimum absolute atomic E-state index is 0.112. The number of rotatable bonds is 2. The fraction of sp³-hybridized carbons (Fsp3) is 0.680. The molecule has 0 saturated carbocycles. The van der Waals surface area contributed by atoms with Crippen LogP contribution in [0.1, 0.15) is 52.5 Å². The van der Waals surface area contributed by atoms with Gasteiger partial charge in [0.25, 0.3) is 0 Å². The third kappa shape index (κ3) is 4.41. The summed E-state index contributed by atoms with van der Waals surface area (Å²) in [5.41, 5.74) is 1.00. The highest BCUT2D eigenvalue weighted by molar-refractivity contribution is 5.35. The van der Waals surface area contributed by atoms with Crippen LogP contribution in [0.2, 0.25) is 0 Å². The normalized spacial score (nSPS) is 37.4. The van der Waals surface area contributed by atoms with Crippen LogP contribution in [0, 0.1) is 11.8 Å². The first kappa shape index (κ1) is 21.4. The molecule has 0 spiro atoms. The van der Waals surface area contributed by atoms with Gasteiger partial charge >= 0.3 is 0 Å².